The minimum absolute atomic E-state index is 0.0464. The maximum atomic E-state index is 12.3. The van der Waals surface area contributed by atoms with Gasteiger partial charge in [0.1, 0.15) is 0 Å². The van der Waals surface area contributed by atoms with Crippen molar-refractivity contribution in [2.24, 2.45) is 0 Å². The van der Waals surface area contributed by atoms with Gasteiger partial charge >= 0.3 is 5.97 Å². The summed E-state index contributed by atoms with van der Waals surface area (Å²) in [7, 11) is 0. The lowest BCUT2D eigenvalue weighted by molar-refractivity contribution is -0.137. The standard InChI is InChI=1S/C18H22N2O3S/c1-18(2,3)17-19-13(11-24-17)9-15(21)20-14(10-16(22)23)12-7-5-4-6-8-12/h4-8,11,14H,9-10H2,1-3H3,(H,20,21)(H,22,23)/t14-/m1/s1. The Bertz CT molecular complexity index is 705. The number of benzene rings is 1. The number of carboxylic acids is 1. The second kappa shape index (κ2) is 7.57. The van der Waals surface area contributed by atoms with Gasteiger partial charge in [0, 0.05) is 10.8 Å². The molecule has 0 bridgehead atoms. The molecular formula is C18H22N2O3S. The number of carboxylic acid groups (broad SMARTS) is 1. The number of hydrogen-bond acceptors (Lipinski definition) is 4. The number of hydrogen-bond donors (Lipinski definition) is 2. The smallest absolute Gasteiger partial charge is 0.305 e. The first-order valence-electron chi connectivity index (χ1n) is 7.76. The van der Waals surface area contributed by atoms with Crippen molar-refractivity contribution in [3.8, 4) is 0 Å². The number of aliphatic carboxylic acids is 1. The van der Waals surface area contributed by atoms with Gasteiger partial charge in [-0.15, -0.1) is 11.3 Å². The maximum Gasteiger partial charge on any atom is 0.305 e. The van der Waals surface area contributed by atoms with Crippen LogP contribution in [0.25, 0.3) is 0 Å². The minimum Gasteiger partial charge on any atom is -0.481 e. The highest BCUT2D eigenvalue weighted by Crippen LogP contribution is 2.25. The highest BCUT2D eigenvalue weighted by Gasteiger charge is 2.21. The summed E-state index contributed by atoms with van der Waals surface area (Å²) in [5, 5.41) is 14.8. The number of nitrogens with one attached hydrogen (secondary N) is 1. The van der Waals surface area contributed by atoms with Crippen molar-refractivity contribution in [2.45, 2.75) is 45.1 Å². The lowest BCUT2D eigenvalue weighted by Gasteiger charge is -2.17. The normalized spacial score (nSPS) is 12.6. The molecule has 2 N–H and O–H groups in total. The zero-order chi connectivity index (χ0) is 17.7. The van der Waals surface area contributed by atoms with E-state index in [-0.39, 0.29) is 24.2 Å². The fourth-order valence-electron chi connectivity index (χ4n) is 2.25. The van der Waals surface area contributed by atoms with Crippen LogP contribution < -0.4 is 5.32 Å². The molecule has 0 aliphatic rings. The summed E-state index contributed by atoms with van der Waals surface area (Å²) >= 11 is 1.54. The van der Waals surface area contributed by atoms with Gasteiger partial charge in [-0.2, -0.15) is 0 Å². The summed E-state index contributed by atoms with van der Waals surface area (Å²) in [5.74, 6) is -1.18. The molecule has 24 heavy (non-hydrogen) atoms. The van der Waals surface area contributed by atoms with Crippen LogP contribution in [0.2, 0.25) is 0 Å². The van der Waals surface area contributed by atoms with E-state index in [1.807, 2.05) is 35.7 Å². The SMILES string of the molecule is CC(C)(C)c1nc(CC(=O)N[C@H](CC(=O)O)c2ccccc2)cs1. The molecule has 2 rings (SSSR count). The van der Waals surface area contributed by atoms with Crippen molar-refractivity contribution in [3.05, 3.63) is 52.0 Å². The van der Waals surface area contributed by atoms with Gasteiger partial charge in [-0.1, -0.05) is 51.1 Å². The van der Waals surface area contributed by atoms with Gasteiger partial charge in [-0.3, -0.25) is 9.59 Å². The molecule has 1 aromatic heterocycles. The van der Waals surface area contributed by atoms with E-state index >= 15 is 0 Å². The van der Waals surface area contributed by atoms with E-state index in [0.29, 0.717) is 5.69 Å². The molecule has 0 unspecified atom stereocenters. The van der Waals surface area contributed by atoms with Crippen molar-refractivity contribution in [2.75, 3.05) is 0 Å². The number of carbonyl (C=O) groups is 2. The average Bonchev–Trinajstić information content (AvgIpc) is 2.95. The number of aromatic nitrogens is 1. The molecule has 1 aromatic carbocycles. The van der Waals surface area contributed by atoms with Gasteiger partial charge < -0.3 is 10.4 Å². The van der Waals surface area contributed by atoms with Crippen molar-refractivity contribution in [1.29, 1.82) is 0 Å². The largest absolute Gasteiger partial charge is 0.481 e. The van der Waals surface area contributed by atoms with Crippen LogP contribution in [0, 0.1) is 0 Å². The number of rotatable bonds is 6. The van der Waals surface area contributed by atoms with E-state index in [4.69, 9.17) is 5.11 Å². The summed E-state index contributed by atoms with van der Waals surface area (Å²) in [4.78, 5) is 27.9. The van der Waals surface area contributed by atoms with Crippen LogP contribution in [0.15, 0.2) is 35.7 Å². The predicted molar refractivity (Wildman–Crippen MR) is 94.1 cm³/mol. The molecular weight excluding hydrogens is 324 g/mol. The van der Waals surface area contributed by atoms with E-state index in [1.54, 1.807) is 0 Å². The molecule has 1 amide bonds. The topological polar surface area (TPSA) is 79.3 Å². The fourth-order valence-corrected chi connectivity index (χ4v) is 3.16. The average molecular weight is 346 g/mol. The molecule has 128 valence electrons. The van der Waals surface area contributed by atoms with Crippen LogP contribution in [0.5, 0.6) is 0 Å². The van der Waals surface area contributed by atoms with Gasteiger partial charge in [0.15, 0.2) is 0 Å². The van der Waals surface area contributed by atoms with Gasteiger partial charge in [0.05, 0.1) is 29.6 Å². The van der Waals surface area contributed by atoms with Gasteiger partial charge in [0.25, 0.3) is 0 Å². The molecule has 0 aliphatic heterocycles. The highest BCUT2D eigenvalue weighted by molar-refractivity contribution is 7.09. The Morgan fingerprint density at radius 2 is 1.92 bits per heavy atom. The lowest BCUT2D eigenvalue weighted by atomic mass is 9.98. The van der Waals surface area contributed by atoms with Crippen LogP contribution in [0.4, 0.5) is 0 Å². The molecule has 6 heteroatoms. The van der Waals surface area contributed by atoms with Crippen molar-refractivity contribution < 1.29 is 14.7 Å². The molecule has 1 heterocycles. The number of amides is 1. The summed E-state index contributed by atoms with van der Waals surface area (Å²) in [5.41, 5.74) is 1.45. The van der Waals surface area contributed by atoms with Crippen molar-refractivity contribution >= 4 is 23.2 Å². The van der Waals surface area contributed by atoms with E-state index in [9.17, 15) is 9.59 Å². The van der Waals surface area contributed by atoms with E-state index in [1.165, 1.54) is 11.3 Å². The van der Waals surface area contributed by atoms with E-state index < -0.39 is 12.0 Å². The minimum atomic E-state index is -0.951. The molecule has 5 nitrogen and oxygen atoms in total. The Kier molecular flexibility index (Phi) is 5.72. The van der Waals surface area contributed by atoms with E-state index in [2.05, 4.69) is 31.1 Å². The Hall–Kier alpha value is -2.21. The third kappa shape index (κ3) is 5.16. The van der Waals surface area contributed by atoms with Crippen LogP contribution in [-0.2, 0) is 21.4 Å². The second-order valence-corrected chi connectivity index (χ2v) is 7.56. The highest BCUT2D eigenvalue weighted by atomic mass is 32.1. The summed E-state index contributed by atoms with van der Waals surface area (Å²) in [6, 6.07) is 8.59. The van der Waals surface area contributed by atoms with Gasteiger partial charge in [-0.25, -0.2) is 4.98 Å². The fraction of sp³-hybridized carbons (Fsp3) is 0.389. The number of carbonyl (C=O) groups excluding carboxylic acids is 1. The molecule has 0 spiro atoms. The molecule has 0 saturated carbocycles. The Balaban J connectivity index is 2.05. The first kappa shape index (κ1) is 18.1. The molecule has 2 aromatic rings. The Morgan fingerprint density at radius 3 is 2.46 bits per heavy atom. The lowest BCUT2D eigenvalue weighted by Crippen LogP contribution is -2.31. The summed E-state index contributed by atoms with van der Waals surface area (Å²) in [6.07, 6.45) is -0.00437. The first-order chi connectivity index (χ1) is 11.3. The third-order valence-corrected chi connectivity index (χ3v) is 4.77. The van der Waals surface area contributed by atoms with Crippen LogP contribution in [0.1, 0.15) is 49.5 Å². The second-order valence-electron chi connectivity index (χ2n) is 6.70. The van der Waals surface area contributed by atoms with Crippen molar-refractivity contribution in [1.82, 2.24) is 10.3 Å². The Morgan fingerprint density at radius 1 is 1.25 bits per heavy atom. The monoisotopic (exact) mass is 346 g/mol. The number of nitrogens with zero attached hydrogens (tertiary/aromatic N) is 1. The van der Waals surface area contributed by atoms with E-state index in [0.717, 1.165) is 10.6 Å². The number of thiazole rings is 1. The molecule has 0 radical (unpaired) electrons. The third-order valence-electron chi connectivity index (χ3n) is 3.45. The first-order valence-corrected chi connectivity index (χ1v) is 8.64. The zero-order valence-corrected chi connectivity index (χ0v) is 14.9. The summed E-state index contributed by atoms with van der Waals surface area (Å²) < 4.78 is 0. The molecule has 0 fully saturated rings. The van der Waals surface area contributed by atoms with Crippen LogP contribution in [0.3, 0.4) is 0 Å². The van der Waals surface area contributed by atoms with Gasteiger partial charge in [0.2, 0.25) is 5.91 Å². The maximum absolute atomic E-state index is 12.3. The van der Waals surface area contributed by atoms with Crippen LogP contribution >= 0.6 is 11.3 Å². The molecule has 0 saturated heterocycles. The molecule has 1 atom stereocenters. The Labute approximate surface area is 145 Å². The summed E-state index contributed by atoms with van der Waals surface area (Å²) in [6.45, 7) is 6.23. The zero-order valence-electron chi connectivity index (χ0n) is 14.1. The van der Waals surface area contributed by atoms with Gasteiger partial charge in [-0.05, 0) is 5.56 Å². The van der Waals surface area contributed by atoms with Crippen molar-refractivity contribution in [3.63, 3.8) is 0 Å². The van der Waals surface area contributed by atoms with Crippen LogP contribution in [-0.4, -0.2) is 22.0 Å². The predicted octanol–water partition coefficient (Wildman–Crippen LogP) is 3.32. The quantitative estimate of drug-likeness (QED) is 0.841. The molecule has 0 aliphatic carbocycles.